The summed E-state index contributed by atoms with van der Waals surface area (Å²) in [7, 11) is -2.51. The van der Waals surface area contributed by atoms with E-state index in [0.717, 1.165) is 0 Å². The first-order valence-corrected chi connectivity index (χ1v) is 12.5. The third-order valence-corrected chi connectivity index (χ3v) is 9.82. The van der Waals surface area contributed by atoms with Crippen LogP contribution < -0.4 is 0 Å². The van der Waals surface area contributed by atoms with E-state index in [1.165, 1.54) is 31.2 Å². The van der Waals surface area contributed by atoms with Crippen molar-refractivity contribution in [3.63, 3.8) is 0 Å². The maximum Gasteiger partial charge on any atom is 0.340 e. The summed E-state index contributed by atoms with van der Waals surface area (Å²) < 4.78 is 11.9. The quantitative estimate of drug-likeness (QED) is 0.147. The maximum atomic E-state index is 13.3. The van der Waals surface area contributed by atoms with E-state index < -0.39 is 30.8 Å². The van der Waals surface area contributed by atoms with Crippen molar-refractivity contribution < 1.29 is 23.7 Å². The monoisotopic (exact) mass is 429 g/mol. The predicted molar refractivity (Wildman–Crippen MR) is 116 cm³/mol. The molecule has 0 fully saturated rings. The van der Waals surface area contributed by atoms with Crippen molar-refractivity contribution in [1.82, 2.24) is 0 Å². The summed E-state index contributed by atoms with van der Waals surface area (Å²) in [4.78, 5) is 36.4. The second-order valence-corrected chi connectivity index (χ2v) is 13.4. The fraction of sp³-hybridized carbons (Fsp3) is 0.364. The lowest BCUT2D eigenvalue weighted by Gasteiger charge is -2.42. The zero-order valence-corrected chi connectivity index (χ0v) is 19.1. The Morgan fingerprint density at radius 1 is 0.900 bits per heavy atom. The van der Waals surface area contributed by atoms with Gasteiger partial charge in [-0.2, -0.15) is 0 Å². The minimum absolute atomic E-state index is 0.0894. The number of ether oxygens (including phenoxy) is 1. The van der Waals surface area contributed by atoms with Gasteiger partial charge in [-0.05, 0) is 30.3 Å². The fourth-order valence-electron chi connectivity index (χ4n) is 2.56. The Bertz CT molecular complexity index is 934. The van der Waals surface area contributed by atoms with Crippen LogP contribution in [0, 0.1) is 10.1 Å². The molecular formula is C22H27NO6Si. The number of Topliss-reactive ketones (excluding diaryl/α,β-unsaturated/α-hetero) is 1. The Hall–Kier alpha value is -2.84. The van der Waals surface area contributed by atoms with Crippen LogP contribution in [0.5, 0.6) is 0 Å². The van der Waals surface area contributed by atoms with Gasteiger partial charge in [0.15, 0.2) is 8.32 Å². The number of esters is 1. The lowest BCUT2D eigenvalue weighted by molar-refractivity contribution is -0.384. The smallest absolute Gasteiger partial charge is 0.340 e. The number of nitro groups is 1. The average molecular weight is 430 g/mol. The first-order valence-electron chi connectivity index (χ1n) is 9.55. The molecule has 160 valence electrons. The number of hydrogen-bond donors (Lipinski definition) is 0. The van der Waals surface area contributed by atoms with Gasteiger partial charge in [0, 0.05) is 24.6 Å². The van der Waals surface area contributed by atoms with Crippen molar-refractivity contribution >= 4 is 25.8 Å². The van der Waals surface area contributed by atoms with Crippen molar-refractivity contribution in [2.45, 2.75) is 51.6 Å². The standard InChI is InChI=1S/C22H27NO6Si/c1-21(2,3)30(5,6)29-22(4,19(24)16-10-8-7-9-11-16)28-20(25)17-12-14-18(15-13-17)23(26)27/h7-15H,1-6H3. The van der Waals surface area contributed by atoms with E-state index in [1.54, 1.807) is 30.3 Å². The predicted octanol–water partition coefficient (Wildman–Crippen LogP) is 5.37. The molecule has 0 N–H and O–H groups in total. The summed E-state index contributed by atoms with van der Waals surface area (Å²) in [6, 6.07) is 13.5. The fourth-order valence-corrected chi connectivity index (χ4v) is 3.97. The molecule has 0 saturated carbocycles. The SMILES string of the molecule is CC(OC(=O)c1ccc([N+](=O)[O-])cc1)(O[Si](C)(C)C(C)(C)C)C(=O)c1ccccc1. The molecule has 0 aliphatic carbocycles. The molecule has 1 atom stereocenters. The van der Waals surface area contributed by atoms with E-state index in [9.17, 15) is 19.7 Å². The second kappa shape index (κ2) is 8.49. The van der Waals surface area contributed by atoms with E-state index in [2.05, 4.69) is 0 Å². The Balaban J connectivity index is 2.41. The van der Waals surface area contributed by atoms with Gasteiger partial charge in [0.2, 0.25) is 5.78 Å². The number of hydrogen-bond acceptors (Lipinski definition) is 6. The van der Waals surface area contributed by atoms with E-state index in [4.69, 9.17) is 9.16 Å². The number of carbonyl (C=O) groups excluding carboxylic acids is 2. The normalized spacial score (nSPS) is 13.9. The lowest BCUT2D eigenvalue weighted by atomic mass is 10.0. The molecule has 2 aromatic carbocycles. The van der Waals surface area contributed by atoms with E-state index in [-0.39, 0.29) is 16.3 Å². The Morgan fingerprint density at radius 2 is 1.43 bits per heavy atom. The molecule has 1 unspecified atom stereocenters. The molecule has 0 aliphatic heterocycles. The minimum atomic E-state index is -2.51. The number of ketones is 1. The zero-order valence-electron chi connectivity index (χ0n) is 18.1. The van der Waals surface area contributed by atoms with Gasteiger partial charge >= 0.3 is 5.97 Å². The molecule has 2 aromatic rings. The molecular weight excluding hydrogens is 402 g/mol. The molecule has 8 heteroatoms. The van der Waals surface area contributed by atoms with Crippen molar-refractivity contribution in [2.75, 3.05) is 0 Å². The van der Waals surface area contributed by atoms with Crippen molar-refractivity contribution in [1.29, 1.82) is 0 Å². The summed E-state index contributed by atoms with van der Waals surface area (Å²) >= 11 is 0. The van der Waals surface area contributed by atoms with Crippen LogP contribution in [0.4, 0.5) is 5.69 Å². The highest BCUT2D eigenvalue weighted by molar-refractivity contribution is 6.74. The molecule has 0 spiro atoms. The third-order valence-electron chi connectivity index (χ3n) is 5.31. The molecule has 0 saturated heterocycles. The van der Waals surface area contributed by atoms with Gasteiger partial charge in [-0.15, -0.1) is 0 Å². The zero-order chi connectivity index (χ0) is 22.7. The number of nitrogens with zero attached hydrogens (tertiary/aromatic N) is 1. The van der Waals surface area contributed by atoms with Gasteiger partial charge in [0.1, 0.15) is 0 Å². The largest absolute Gasteiger partial charge is 0.423 e. The summed E-state index contributed by atoms with van der Waals surface area (Å²) in [6.07, 6.45) is 0. The highest BCUT2D eigenvalue weighted by Gasteiger charge is 2.49. The molecule has 0 heterocycles. The third kappa shape index (κ3) is 5.20. The van der Waals surface area contributed by atoms with Crippen LogP contribution in [0.2, 0.25) is 18.1 Å². The summed E-state index contributed by atoms with van der Waals surface area (Å²) in [5.41, 5.74) is 0.300. The second-order valence-electron chi connectivity index (χ2n) is 8.70. The van der Waals surface area contributed by atoms with E-state index in [0.29, 0.717) is 5.56 Å². The van der Waals surface area contributed by atoms with E-state index in [1.807, 2.05) is 33.9 Å². The van der Waals surface area contributed by atoms with Gasteiger partial charge in [-0.25, -0.2) is 4.79 Å². The van der Waals surface area contributed by atoms with Gasteiger partial charge in [0.25, 0.3) is 11.5 Å². The number of nitro benzene ring substituents is 1. The van der Waals surface area contributed by atoms with Gasteiger partial charge < -0.3 is 9.16 Å². The Morgan fingerprint density at radius 3 is 1.90 bits per heavy atom. The van der Waals surface area contributed by atoms with Gasteiger partial charge in [-0.3, -0.25) is 14.9 Å². The molecule has 0 radical (unpaired) electrons. The van der Waals surface area contributed by atoms with Crippen LogP contribution in [0.25, 0.3) is 0 Å². The Kier molecular flexibility index (Phi) is 6.63. The Labute approximate surface area is 177 Å². The molecule has 30 heavy (non-hydrogen) atoms. The van der Waals surface area contributed by atoms with Gasteiger partial charge in [0.05, 0.1) is 10.5 Å². The van der Waals surface area contributed by atoms with Crippen molar-refractivity contribution in [3.8, 4) is 0 Å². The van der Waals surface area contributed by atoms with Crippen LogP contribution >= 0.6 is 0 Å². The van der Waals surface area contributed by atoms with Crippen molar-refractivity contribution in [3.05, 3.63) is 75.8 Å². The molecule has 0 bridgehead atoms. The summed E-state index contributed by atoms with van der Waals surface area (Å²) in [5.74, 6) is -3.11. The van der Waals surface area contributed by atoms with Crippen LogP contribution in [-0.4, -0.2) is 30.8 Å². The molecule has 0 amide bonds. The van der Waals surface area contributed by atoms with Crippen LogP contribution in [0.1, 0.15) is 48.4 Å². The van der Waals surface area contributed by atoms with Crippen LogP contribution in [-0.2, 0) is 9.16 Å². The molecule has 7 nitrogen and oxygen atoms in total. The minimum Gasteiger partial charge on any atom is -0.423 e. The number of carbonyl (C=O) groups is 2. The number of rotatable bonds is 7. The molecule has 2 rings (SSSR count). The summed E-state index contributed by atoms with van der Waals surface area (Å²) in [6.45, 7) is 11.4. The van der Waals surface area contributed by atoms with E-state index >= 15 is 0 Å². The highest BCUT2D eigenvalue weighted by atomic mass is 28.4. The topological polar surface area (TPSA) is 95.7 Å². The number of non-ortho nitro benzene ring substituents is 1. The van der Waals surface area contributed by atoms with Gasteiger partial charge in [-0.1, -0.05) is 51.1 Å². The van der Waals surface area contributed by atoms with Crippen LogP contribution in [0.15, 0.2) is 54.6 Å². The first kappa shape index (κ1) is 23.4. The molecule has 0 aliphatic rings. The van der Waals surface area contributed by atoms with Crippen molar-refractivity contribution in [2.24, 2.45) is 0 Å². The maximum absolute atomic E-state index is 13.3. The van der Waals surface area contributed by atoms with Crippen LogP contribution in [0.3, 0.4) is 0 Å². The highest BCUT2D eigenvalue weighted by Crippen LogP contribution is 2.40. The average Bonchev–Trinajstić information content (AvgIpc) is 2.66. The first-order chi connectivity index (χ1) is 13.8. The molecule has 0 aromatic heterocycles. The summed E-state index contributed by atoms with van der Waals surface area (Å²) in [5, 5.41) is 10.6. The lowest BCUT2D eigenvalue weighted by Crippen LogP contribution is -2.54. The number of benzene rings is 2.